The first kappa shape index (κ1) is 11.5. The van der Waals surface area contributed by atoms with Gasteiger partial charge in [0.1, 0.15) is 5.52 Å². The van der Waals surface area contributed by atoms with Crippen molar-refractivity contribution in [2.75, 3.05) is 12.4 Å². The fraction of sp³-hybridized carbons (Fsp3) is 0.0714. The van der Waals surface area contributed by atoms with E-state index in [-0.39, 0.29) is 0 Å². The van der Waals surface area contributed by atoms with Crippen molar-refractivity contribution in [2.45, 2.75) is 0 Å². The summed E-state index contributed by atoms with van der Waals surface area (Å²) in [5, 5.41) is 3.09. The van der Waals surface area contributed by atoms with E-state index in [2.05, 4.69) is 32.9 Å². The summed E-state index contributed by atoms with van der Waals surface area (Å²) >= 11 is 2.27. The predicted molar refractivity (Wildman–Crippen MR) is 81.7 cm³/mol. The van der Waals surface area contributed by atoms with Crippen molar-refractivity contribution in [2.24, 2.45) is 0 Å². The summed E-state index contributed by atoms with van der Waals surface area (Å²) in [6.45, 7) is 0. The first-order valence-electron chi connectivity index (χ1n) is 5.60. The van der Waals surface area contributed by atoms with E-state index in [4.69, 9.17) is 4.42 Å². The van der Waals surface area contributed by atoms with Crippen molar-refractivity contribution in [3.8, 4) is 11.5 Å². The summed E-state index contributed by atoms with van der Waals surface area (Å²) in [5.41, 5.74) is 3.78. The molecule has 0 aliphatic rings. The lowest BCUT2D eigenvalue weighted by Crippen LogP contribution is -1.86. The molecule has 0 fully saturated rings. The first-order valence-corrected chi connectivity index (χ1v) is 6.68. The van der Waals surface area contributed by atoms with Crippen LogP contribution in [-0.2, 0) is 0 Å². The molecule has 18 heavy (non-hydrogen) atoms. The topological polar surface area (TPSA) is 38.1 Å². The molecule has 0 aliphatic carbocycles. The van der Waals surface area contributed by atoms with Gasteiger partial charge in [-0.2, -0.15) is 0 Å². The van der Waals surface area contributed by atoms with Gasteiger partial charge in [0.2, 0.25) is 5.89 Å². The molecule has 0 unspecified atom stereocenters. The normalized spacial score (nSPS) is 10.8. The summed E-state index contributed by atoms with van der Waals surface area (Å²) in [6.07, 6.45) is 0. The number of anilines is 1. The predicted octanol–water partition coefficient (Wildman–Crippen LogP) is 4.14. The van der Waals surface area contributed by atoms with Crippen LogP contribution in [0.4, 0.5) is 5.69 Å². The molecule has 0 radical (unpaired) electrons. The maximum Gasteiger partial charge on any atom is 0.227 e. The molecule has 0 spiro atoms. The van der Waals surface area contributed by atoms with Crippen LogP contribution in [0.5, 0.6) is 0 Å². The number of oxazole rings is 1. The third kappa shape index (κ3) is 2.08. The summed E-state index contributed by atoms with van der Waals surface area (Å²) in [5.74, 6) is 0.662. The molecule has 0 atom stereocenters. The molecular weight excluding hydrogens is 339 g/mol. The van der Waals surface area contributed by atoms with Gasteiger partial charge in [-0.15, -0.1) is 0 Å². The van der Waals surface area contributed by atoms with Crippen molar-refractivity contribution in [1.29, 1.82) is 0 Å². The molecule has 0 amide bonds. The number of aromatic nitrogens is 1. The van der Waals surface area contributed by atoms with E-state index in [1.807, 2.05) is 49.5 Å². The standard InChI is InChI=1S/C14H11IN2O/c1-16-11-5-2-9(3-6-11)14-17-12-7-4-10(15)8-13(12)18-14/h2-8,16H,1H3. The van der Waals surface area contributed by atoms with E-state index in [1.165, 1.54) is 0 Å². The molecule has 2 aromatic carbocycles. The van der Waals surface area contributed by atoms with Gasteiger partial charge in [-0.25, -0.2) is 4.98 Å². The highest BCUT2D eigenvalue weighted by Gasteiger charge is 2.08. The highest BCUT2D eigenvalue weighted by molar-refractivity contribution is 14.1. The highest BCUT2D eigenvalue weighted by Crippen LogP contribution is 2.26. The van der Waals surface area contributed by atoms with Crippen LogP contribution in [0.2, 0.25) is 0 Å². The fourth-order valence-electron chi connectivity index (χ4n) is 1.80. The monoisotopic (exact) mass is 350 g/mol. The van der Waals surface area contributed by atoms with Crippen LogP contribution in [0.3, 0.4) is 0 Å². The molecule has 3 nitrogen and oxygen atoms in total. The lowest BCUT2D eigenvalue weighted by molar-refractivity contribution is 0.619. The third-order valence-corrected chi connectivity index (χ3v) is 3.44. The van der Waals surface area contributed by atoms with E-state index >= 15 is 0 Å². The van der Waals surface area contributed by atoms with Gasteiger partial charge in [0.25, 0.3) is 0 Å². The molecule has 1 heterocycles. The Labute approximate surface area is 118 Å². The van der Waals surface area contributed by atoms with Crippen LogP contribution in [0.1, 0.15) is 0 Å². The van der Waals surface area contributed by atoms with Gasteiger partial charge in [-0.3, -0.25) is 0 Å². The zero-order chi connectivity index (χ0) is 12.5. The summed E-state index contributed by atoms with van der Waals surface area (Å²) in [6, 6.07) is 14.0. The van der Waals surface area contributed by atoms with Gasteiger partial charge in [0, 0.05) is 21.9 Å². The second-order valence-corrected chi connectivity index (χ2v) is 5.20. The van der Waals surface area contributed by atoms with Crippen molar-refractivity contribution < 1.29 is 4.42 Å². The Kier molecular flexibility index (Phi) is 2.95. The molecule has 0 saturated carbocycles. The SMILES string of the molecule is CNc1ccc(-c2nc3ccc(I)cc3o2)cc1. The number of halogens is 1. The molecule has 3 aromatic rings. The van der Waals surface area contributed by atoms with E-state index in [9.17, 15) is 0 Å². The molecule has 0 bridgehead atoms. The number of nitrogens with one attached hydrogen (secondary N) is 1. The van der Waals surface area contributed by atoms with E-state index in [0.29, 0.717) is 5.89 Å². The van der Waals surface area contributed by atoms with Crippen LogP contribution in [0.25, 0.3) is 22.6 Å². The van der Waals surface area contributed by atoms with E-state index in [1.54, 1.807) is 0 Å². The average Bonchev–Trinajstić information content (AvgIpc) is 2.81. The van der Waals surface area contributed by atoms with E-state index < -0.39 is 0 Å². The second-order valence-electron chi connectivity index (χ2n) is 3.96. The lowest BCUT2D eigenvalue weighted by atomic mass is 10.2. The number of nitrogens with zero attached hydrogens (tertiary/aromatic N) is 1. The van der Waals surface area contributed by atoms with Crippen LogP contribution in [0, 0.1) is 3.57 Å². The quantitative estimate of drug-likeness (QED) is 0.706. The van der Waals surface area contributed by atoms with E-state index in [0.717, 1.165) is 25.9 Å². The number of rotatable bonds is 2. The molecule has 0 saturated heterocycles. The third-order valence-electron chi connectivity index (χ3n) is 2.77. The van der Waals surface area contributed by atoms with Gasteiger partial charge in [-0.05, 0) is 65.1 Å². The largest absolute Gasteiger partial charge is 0.436 e. The molecule has 1 N–H and O–H groups in total. The molecular formula is C14H11IN2O. The zero-order valence-corrected chi connectivity index (χ0v) is 11.9. The van der Waals surface area contributed by atoms with Gasteiger partial charge < -0.3 is 9.73 Å². The number of hydrogen-bond acceptors (Lipinski definition) is 3. The summed E-state index contributed by atoms with van der Waals surface area (Å²) < 4.78 is 6.92. The van der Waals surface area contributed by atoms with Crippen molar-refractivity contribution in [3.05, 3.63) is 46.0 Å². The Bertz CT molecular complexity index is 689. The zero-order valence-electron chi connectivity index (χ0n) is 9.77. The minimum atomic E-state index is 0.662. The minimum absolute atomic E-state index is 0.662. The first-order chi connectivity index (χ1) is 8.76. The van der Waals surface area contributed by atoms with Crippen molar-refractivity contribution in [1.82, 2.24) is 4.98 Å². The Hall–Kier alpha value is -1.56. The van der Waals surface area contributed by atoms with Crippen LogP contribution in [0.15, 0.2) is 46.9 Å². The Morgan fingerprint density at radius 3 is 2.61 bits per heavy atom. The minimum Gasteiger partial charge on any atom is -0.436 e. The maximum atomic E-state index is 5.77. The van der Waals surface area contributed by atoms with Crippen LogP contribution in [-0.4, -0.2) is 12.0 Å². The smallest absolute Gasteiger partial charge is 0.227 e. The highest BCUT2D eigenvalue weighted by atomic mass is 127. The lowest BCUT2D eigenvalue weighted by Gasteiger charge is -1.99. The van der Waals surface area contributed by atoms with Gasteiger partial charge >= 0.3 is 0 Å². The van der Waals surface area contributed by atoms with Gasteiger partial charge in [0.15, 0.2) is 5.58 Å². The molecule has 3 rings (SSSR count). The summed E-state index contributed by atoms with van der Waals surface area (Å²) in [7, 11) is 1.90. The fourth-order valence-corrected chi connectivity index (χ4v) is 2.26. The van der Waals surface area contributed by atoms with Crippen molar-refractivity contribution in [3.63, 3.8) is 0 Å². The number of benzene rings is 2. The Morgan fingerprint density at radius 1 is 1.11 bits per heavy atom. The molecule has 4 heteroatoms. The number of fused-ring (bicyclic) bond motifs is 1. The molecule has 0 aliphatic heterocycles. The van der Waals surface area contributed by atoms with Crippen molar-refractivity contribution >= 4 is 39.4 Å². The van der Waals surface area contributed by atoms with Crippen LogP contribution >= 0.6 is 22.6 Å². The second kappa shape index (κ2) is 4.61. The summed E-state index contributed by atoms with van der Waals surface area (Å²) in [4.78, 5) is 4.49. The maximum absolute atomic E-state index is 5.77. The Morgan fingerprint density at radius 2 is 1.89 bits per heavy atom. The van der Waals surface area contributed by atoms with Crippen LogP contribution < -0.4 is 5.32 Å². The Balaban J connectivity index is 2.07. The number of hydrogen-bond donors (Lipinski definition) is 1. The van der Waals surface area contributed by atoms with Gasteiger partial charge in [-0.1, -0.05) is 0 Å². The molecule has 90 valence electrons. The average molecular weight is 350 g/mol. The molecule has 1 aromatic heterocycles. The van der Waals surface area contributed by atoms with Gasteiger partial charge in [0.05, 0.1) is 0 Å².